The number of ether oxygens (including phenoxy) is 1. The van der Waals surface area contributed by atoms with Crippen LogP contribution < -0.4 is 0 Å². The first kappa shape index (κ1) is 13.1. The van der Waals surface area contributed by atoms with E-state index in [0.717, 1.165) is 18.4 Å². The molecule has 3 nitrogen and oxygen atoms in total. The van der Waals surface area contributed by atoms with E-state index in [2.05, 4.69) is 11.8 Å². The summed E-state index contributed by atoms with van der Waals surface area (Å²) in [6.45, 7) is 0. The molecule has 96 valence electrons. The summed E-state index contributed by atoms with van der Waals surface area (Å²) in [5.41, 5.74) is -0.535. The summed E-state index contributed by atoms with van der Waals surface area (Å²) >= 11 is 0. The lowest BCUT2D eigenvalue weighted by Gasteiger charge is -2.37. The molecule has 3 heteroatoms. The van der Waals surface area contributed by atoms with Gasteiger partial charge >= 0.3 is 0 Å². The summed E-state index contributed by atoms with van der Waals surface area (Å²) in [5, 5.41) is 20.5. The zero-order chi connectivity index (χ0) is 13.0. The van der Waals surface area contributed by atoms with Gasteiger partial charge in [-0.2, -0.15) is 0 Å². The Morgan fingerprint density at radius 1 is 1.33 bits per heavy atom. The van der Waals surface area contributed by atoms with Gasteiger partial charge in [-0.3, -0.25) is 0 Å². The first-order valence-electron chi connectivity index (χ1n) is 6.17. The smallest absolute Gasteiger partial charge is 0.154 e. The molecular formula is C15H18O3. The molecule has 0 bridgehead atoms. The quantitative estimate of drug-likeness (QED) is 0.735. The molecule has 0 radical (unpaired) electrons. The fourth-order valence-electron chi connectivity index (χ4n) is 2.27. The van der Waals surface area contributed by atoms with E-state index in [9.17, 15) is 10.2 Å². The van der Waals surface area contributed by atoms with E-state index in [-0.39, 0.29) is 6.10 Å². The number of methoxy groups -OCH3 is 1. The number of hydrogen-bond donors (Lipinski definition) is 2. The van der Waals surface area contributed by atoms with Gasteiger partial charge < -0.3 is 14.9 Å². The van der Waals surface area contributed by atoms with Gasteiger partial charge in [0.1, 0.15) is 6.10 Å². The number of aliphatic hydroxyl groups excluding tert-OH is 1. The third-order valence-corrected chi connectivity index (χ3v) is 3.39. The predicted octanol–water partition coefficient (Wildman–Crippen LogP) is 1.33. The second-order valence-corrected chi connectivity index (χ2v) is 4.65. The van der Waals surface area contributed by atoms with Crippen molar-refractivity contribution in [3.05, 3.63) is 35.9 Å². The van der Waals surface area contributed by atoms with Crippen LogP contribution in [-0.4, -0.2) is 35.1 Å². The summed E-state index contributed by atoms with van der Waals surface area (Å²) in [7, 11) is 1.55. The molecule has 3 unspecified atom stereocenters. The summed E-state index contributed by atoms with van der Waals surface area (Å²) in [4.78, 5) is 0. The van der Waals surface area contributed by atoms with Crippen LogP contribution in [-0.2, 0) is 4.74 Å². The highest BCUT2D eigenvalue weighted by Crippen LogP contribution is 2.29. The van der Waals surface area contributed by atoms with Crippen LogP contribution >= 0.6 is 0 Å². The average molecular weight is 246 g/mol. The van der Waals surface area contributed by atoms with Crippen molar-refractivity contribution < 1.29 is 14.9 Å². The first-order chi connectivity index (χ1) is 8.65. The van der Waals surface area contributed by atoms with E-state index in [1.807, 2.05) is 30.3 Å². The molecule has 2 N–H and O–H groups in total. The second kappa shape index (κ2) is 5.53. The summed E-state index contributed by atoms with van der Waals surface area (Å²) in [6.07, 6.45) is 0.748. The lowest BCUT2D eigenvalue weighted by Crippen LogP contribution is -2.51. The Kier molecular flexibility index (Phi) is 4.03. The van der Waals surface area contributed by atoms with E-state index in [1.54, 1.807) is 7.11 Å². The maximum atomic E-state index is 10.4. The molecule has 1 aliphatic carbocycles. The van der Waals surface area contributed by atoms with Crippen LogP contribution in [0.5, 0.6) is 0 Å². The Balaban J connectivity index is 2.19. The Labute approximate surface area is 107 Å². The van der Waals surface area contributed by atoms with Crippen LogP contribution in [0, 0.1) is 11.8 Å². The molecule has 3 atom stereocenters. The third kappa shape index (κ3) is 2.73. The van der Waals surface area contributed by atoms with Crippen LogP contribution in [0.25, 0.3) is 0 Å². The molecule has 18 heavy (non-hydrogen) atoms. The lowest BCUT2D eigenvalue weighted by molar-refractivity contribution is -0.131. The van der Waals surface area contributed by atoms with Crippen molar-refractivity contribution in [2.24, 2.45) is 0 Å². The molecule has 0 saturated heterocycles. The molecule has 2 rings (SSSR count). The van der Waals surface area contributed by atoms with Gasteiger partial charge in [-0.1, -0.05) is 30.0 Å². The third-order valence-electron chi connectivity index (χ3n) is 3.39. The zero-order valence-electron chi connectivity index (χ0n) is 10.5. The Hall–Kier alpha value is -1.34. The minimum atomic E-state index is -1.37. The van der Waals surface area contributed by atoms with Crippen molar-refractivity contribution in [3.63, 3.8) is 0 Å². The van der Waals surface area contributed by atoms with Crippen molar-refractivity contribution in [2.75, 3.05) is 7.11 Å². The van der Waals surface area contributed by atoms with E-state index < -0.39 is 11.7 Å². The molecular weight excluding hydrogens is 228 g/mol. The van der Waals surface area contributed by atoms with Gasteiger partial charge in [-0.25, -0.2) is 0 Å². The van der Waals surface area contributed by atoms with Crippen LogP contribution in [0.1, 0.15) is 24.8 Å². The van der Waals surface area contributed by atoms with Crippen molar-refractivity contribution in [1.82, 2.24) is 0 Å². The van der Waals surface area contributed by atoms with Crippen LogP contribution in [0.4, 0.5) is 0 Å². The summed E-state index contributed by atoms with van der Waals surface area (Å²) in [5.74, 6) is 5.72. The Morgan fingerprint density at radius 3 is 2.72 bits per heavy atom. The molecule has 0 aromatic heterocycles. The minimum absolute atomic E-state index is 0.339. The van der Waals surface area contributed by atoms with Gasteiger partial charge in [0.2, 0.25) is 0 Å². The maximum Gasteiger partial charge on any atom is 0.154 e. The first-order valence-corrected chi connectivity index (χ1v) is 6.17. The molecule has 1 aromatic carbocycles. The molecule has 0 aliphatic heterocycles. The molecule has 1 saturated carbocycles. The highest BCUT2D eigenvalue weighted by atomic mass is 16.5. The zero-order valence-corrected chi connectivity index (χ0v) is 10.5. The van der Waals surface area contributed by atoms with E-state index in [1.165, 1.54) is 0 Å². The van der Waals surface area contributed by atoms with Gasteiger partial charge in [0, 0.05) is 12.7 Å². The number of benzene rings is 1. The van der Waals surface area contributed by atoms with Gasteiger partial charge in [-0.15, -0.1) is 0 Å². The largest absolute Gasteiger partial charge is 0.386 e. The lowest BCUT2D eigenvalue weighted by atomic mass is 9.80. The topological polar surface area (TPSA) is 49.7 Å². The summed E-state index contributed by atoms with van der Waals surface area (Å²) < 4.78 is 5.17. The van der Waals surface area contributed by atoms with E-state index >= 15 is 0 Å². The average Bonchev–Trinajstić information content (AvgIpc) is 2.41. The molecule has 1 fully saturated rings. The molecule has 0 heterocycles. The van der Waals surface area contributed by atoms with Crippen LogP contribution in [0.2, 0.25) is 0 Å². The molecule has 1 aromatic rings. The molecule has 0 amide bonds. The fourth-order valence-corrected chi connectivity index (χ4v) is 2.27. The SMILES string of the molecule is COC1CCCC(O)(C#Cc2ccccc2)C1O. The normalized spacial score (nSPS) is 31.5. The number of aliphatic hydroxyl groups is 2. The number of hydrogen-bond acceptors (Lipinski definition) is 3. The minimum Gasteiger partial charge on any atom is -0.386 e. The Bertz CT molecular complexity index is 446. The standard InChI is InChI=1S/C15H18O3/c1-18-13-8-5-10-15(17,14(13)16)11-9-12-6-3-2-4-7-12/h2-4,6-7,13-14,16-17H,5,8,10H2,1H3. The van der Waals surface area contributed by atoms with Crippen molar-refractivity contribution in [1.29, 1.82) is 0 Å². The van der Waals surface area contributed by atoms with Crippen molar-refractivity contribution >= 4 is 0 Å². The van der Waals surface area contributed by atoms with Crippen LogP contribution in [0.15, 0.2) is 30.3 Å². The Morgan fingerprint density at radius 2 is 2.06 bits per heavy atom. The predicted molar refractivity (Wildman–Crippen MR) is 68.9 cm³/mol. The van der Waals surface area contributed by atoms with Crippen molar-refractivity contribution in [3.8, 4) is 11.8 Å². The monoisotopic (exact) mass is 246 g/mol. The molecule has 0 spiro atoms. The van der Waals surface area contributed by atoms with E-state index in [4.69, 9.17) is 4.74 Å². The fraction of sp³-hybridized carbons (Fsp3) is 0.467. The molecule has 1 aliphatic rings. The van der Waals surface area contributed by atoms with Crippen LogP contribution in [0.3, 0.4) is 0 Å². The highest BCUT2D eigenvalue weighted by Gasteiger charge is 2.42. The highest BCUT2D eigenvalue weighted by molar-refractivity contribution is 5.36. The maximum absolute atomic E-state index is 10.4. The van der Waals surface area contributed by atoms with E-state index in [0.29, 0.717) is 6.42 Å². The van der Waals surface area contributed by atoms with Crippen molar-refractivity contribution in [2.45, 2.75) is 37.1 Å². The van der Waals surface area contributed by atoms with Gasteiger partial charge in [0.15, 0.2) is 5.60 Å². The van der Waals surface area contributed by atoms with Gasteiger partial charge in [-0.05, 0) is 31.4 Å². The van der Waals surface area contributed by atoms with Gasteiger partial charge in [0.25, 0.3) is 0 Å². The summed E-state index contributed by atoms with van der Waals surface area (Å²) in [6, 6.07) is 9.45. The number of rotatable bonds is 1. The second-order valence-electron chi connectivity index (χ2n) is 4.65. The van der Waals surface area contributed by atoms with Gasteiger partial charge in [0.05, 0.1) is 6.10 Å².